The average Bonchev–Trinajstić information content (AvgIpc) is 2.95. The SMILES string of the molecule is CCCCCCCCCCCCCCCCC(=O)O[C@@]1(CO)O[C@@H](O)[C@H](O)[C@H](O)[C@@H]1O[C@@H]1O[C@H](O)[C@@H](O)[C@H](O)[C@H]1O. The number of carbonyl (C=O) groups is 1. The molecule has 2 saturated heterocycles. The van der Waals surface area contributed by atoms with Crippen LogP contribution in [0, 0.1) is 0 Å². The van der Waals surface area contributed by atoms with E-state index in [0.717, 1.165) is 25.7 Å². The lowest BCUT2D eigenvalue weighted by molar-refractivity contribution is -0.427. The molecule has 0 unspecified atom stereocenters. The van der Waals surface area contributed by atoms with Gasteiger partial charge in [0.25, 0.3) is 5.79 Å². The Morgan fingerprint density at radius 3 is 1.66 bits per heavy atom. The van der Waals surface area contributed by atoms with Crippen molar-refractivity contribution in [3.8, 4) is 0 Å². The van der Waals surface area contributed by atoms with E-state index in [1.165, 1.54) is 57.8 Å². The van der Waals surface area contributed by atoms with E-state index in [4.69, 9.17) is 18.9 Å². The van der Waals surface area contributed by atoms with E-state index >= 15 is 0 Å². The van der Waals surface area contributed by atoms with Crippen LogP contribution in [0.2, 0.25) is 0 Å². The van der Waals surface area contributed by atoms with Gasteiger partial charge in [-0.2, -0.15) is 0 Å². The topological polar surface area (TPSA) is 216 Å². The van der Waals surface area contributed by atoms with E-state index in [0.29, 0.717) is 6.42 Å². The number of hydrogen-bond donors (Lipinski definition) is 8. The Balaban J connectivity index is 1.78. The van der Waals surface area contributed by atoms with E-state index in [2.05, 4.69) is 6.92 Å². The summed E-state index contributed by atoms with van der Waals surface area (Å²) in [5, 5.41) is 80.4. The van der Waals surface area contributed by atoms with Crippen LogP contribution in [0.25, 0.3) is 0 Å². The second-order valence-electron chi connectivity index (χ2n) is 11.2. The predicted molar refractivity (Wildman–Crippen MR) is 144 cm³/mol. The van der Waals surface area contributed by atoms with Crippen molar-refractivity contribution in [2.45, 2.75) is 165 Å². The number of rotatable bonds is 19. The van der Waals surface area contributed by atoms with Gasteiger partial charge in [-0.3, -0.25) is 4.79 Å². The number of carbonyl (C=O) groups excluding carboxylic acids is 1. The van der Waals surface area contributed by atoms with Crippen molar-refractivity contribution < 1.29 is 64.6 Å². The lowest BCUT2D eigenvalue weighted by Gasteiger charge is -2.49. The average molecular weight is 597 g/mol. The quantitative estimate of drug-likeness (QED) is 0.0745. The Bertz CT molecular complexity index is 727. The molecule has 0 aromatic heterocycles. The van der Waals surface area contributed by atoms with E-state index < -0.39 is 73.9 Å². The maximum Gasteiger partial charge on any atom is 0.308 e. The number of esters is 1. The van der Waals surface area contributed by atoms with Gasteiger partial charge in [-0.1, -0.05) is 90.4 Å². The van der Waals surface area contributed by atoms with Crippen LogP contribution in [0.15, 0.2) is 0 Å². The zero-order valence-electron chi connectivity index (χ0n) is 24.1. The third-order valence-corrected chi connectivity index (χ3v) is 7.77. The van der Waals surface area contributed by atoms with Crippen molar-refractivity contribution in [3.05, 3.63) is 0 Å². The Hall–Kier alpha value is -0.970. The van der Waals surface area contributed by atoms with Gasteiger partial charge in [0.2, 0.25) is 0 Å². The minimum atomic E-state index is -2.51. The molecule has 41 heavy (non-hydrogen) atoms. The second kappa shape index (κ2) is 18.6. The molecule has 0 aliphatic carbocycles. The molecule has 0 amide bonds. The van der Waals surface area contributed by atoms with Crippen LogP contribution in [-0.4, -0.2) is 115 Å². The molecule has 8 N–H and O–H groups in total. The smallest absolute Gasteiger partial charge is 0.308 e. The minimum Gasteiger partial charge on any atom is -0.427 e. The summed E-state index contributed by atoms with van der Waals surface area (Å²) < 4.78 is 20.8. The van der Waals surface area contributed by atoms with Crippen molar-refractivity contribution in [2.75, 3.05) is 6.61 Å². The Morgan fingerprint density at radius 1 is 0.659 bits per heavy atom. The molecule has 0 aromatic carbocycles. The van der Waals surface area contributed by atoms with Gasteiger partial charge in [-0.25, -0.2) is 0 Å². The standard InChI is InChI=1S/C28H52O13/c1-2-3-4-5-6-7-8-9-10-11-12-13-14-15-16-18(30)40-28(17-29)24(20(32)22(34)26(37)41-28)38-27-23(35)19(31)21(33)25(36)39-27/h19-27,29,31-37H,2-17H2,1H3/t19-,20-,21-,22+,23+,24-,25-,26+,27+,28-/m0/s1. The van der Waals surface area contributed by atoms with Crippen LogP contribution in [0.1, 0.15) is 103 Å². The number of unbranched alkanes of at least 4 members (excludes halogenated alkanes) is 13. The maximum absolute atomic E-state index is 12.6. The molecule has 2 heterocycles. The fourth-order valence-electron chi connectivity index (χ4n) is 5.17. The highest BCUT2D eigenvalue weighted by Gasteiger charge is 2.59. The normalized spacial score (nSPS) is 35.9. The highest BCUT2D eigenvalue weighted by molar-refractivity contribution is 5.69. The van der Waals surface area contributed by atoms with Gasteiger partial charge in [-0.05, 0) is 6.42 Å². The van der Waals surface area contributed by atoms with E-state index in [-0.39, 0.29) is 6.42 Å². The van der Waals surface area contributed by atoms with Crippen LogP contribution < -0.4 is 0 Å². The second-order valence-corrected chi connectivity index (χ2v) is 11.2. The van der Waals surface area contributed by atoms with Crippen molar-refractivity contribution in [1.29, 1.82) is 0 Å². The van der Waals surface area contributed by atoms with Gasteiger partial charge in [0.1, 0.15) is 37.1 Å². The third-order valence-electron chi connectivity index (χ3n) is 7.77. The first-order valence-electron chi connectivity index (χ1n) is 15.2. The van der Waals surface area contributed by atoms with Crippen LogP contribution >= 0.6 is 0 Å². The summed E-state index contributed by atoms with van der Waals surface area (Å²) in [7, 11) is 0. The van der Waals surface area contributed by atoms with Crippen molar-refractivity contribution in [1.82, 2.24) is 0 Å². The zero-order chi connectivity index (χ0) is 30.4. The highest BCUT2D eigenvalue weighted by Crippen LogP contribution is 2.35. The summed E-state index contributed by atoms with van der Waals surface area (Å²) >= 11 is 0. The molecule has 0 spiro atoms. The largest absolute Gasteiger partial charge is 0.427 e. The first-order chi connectivity index (χ1) is 19.6. The third kappa shape index (κ3) is 10.9. The molecule has 0 radical (unpaired) electrons. The molecule has 0 aromatic rings. The van der Waals surface area contributed by atoms with Gasteiger partial charge in [0.05, 0.1) is 0 Å². The molecular formula is C28H52O13. The molecule has 2 rings (SSSR count). The van der Waals surface area contributed by atoms with Gasteiger partial charge in [-0.15, -0.1) is 0 Å². The summed E-state index contributed by atoms with van der Waals surface area (Å²) in [5.41, 5.74) is 0. The van der Waals surface area contributed by atoms with E-state index in [9.17, 15) is 45.6 Å². The van der Waals surface area contributed by atoms with E-state index in [1.54, 1.807) is 0 Å². The van der Waals surface area contributed by atoms with Gasteiger partial charge in [0, 0.05) is 6.42 Å². The fraction of sp³-hybridized carbons (Fsp3) is 0.964. The van der Waals surface area contributed by atoms with Crippen molar-refractivity contribution >= 4 is 5.97 Å². The Labute approximate surface area is 242 Å². The molecule has 2 aliphatic heterocycles. The lowest BCUT2D eigenvalue weighted by atomic mass is 9.95. The first-order valence-corrected chi connectivity index (χ1v) is 15.2. The van der Waals surface area contributed by atoms with Gasteiger partial charge >= 0.3 is 5.97 Å². The molecule has 13 nitrogen and oxygen atoms in total. The van der Waals surface area contributed by atoms with Gasteiger partial charge in [0.15, 0.2) is 25.0 Å². The molecule has 13 heteroatoms. The number of aliphatic hydroxyl groups is 8. The molecule has 0 saturated carbocycles. The number of ether oxygens (including phenoxy) is 4. The number of hydrogen-bond acceptors (Lipinski definition) is 13. The fourth-order valence-corrected chi connectivity index (χ4v) is 5.17. The summed E-state index contributed by atoms with van der Waals surface area (Å²) in [6, 6.07) is 0. The maximum atomic E-state index is 12.6. The molecular weight excluding hydrogens is 544 g/mol. The monoisotopic (exact) mass is 596 g/mol. The molecule has 2 fully saturated rings. The first kappa shape index (κ1) is 36.2. The van der Waals surface area contributed by atoms with E-state index in [1.807, 2.05) is 0 Å². The molecule has 0 bridgehead atoms. The van der Waals surface area contributed by atoms with Crippen LogP contribution in [-0.2, 0) is 23.7 Å². The summed E-state index contributed by atoms with van der Waals surface area (Å²) in [5.74, 6) is -3.34. The predicted octanol–water partition coefficient (Wildman–Crippen LogP) is 0.303. The summed E-state index contributed by atoms with van der Waals surface area (Å²) in [6.45, 7) is 1.09. The molecule has 2 aliphatic rings. The van der Waals surface area contributed by atoms with Crippen LogP contribution in [0.3, 0.4) is 0 Å². The minimum absolute atomic E-state index is 0.0588. The Morgan fingerprint density at radius 2 is 1.15 bits per heavy atom. The Kier molecular flexibility index (Phi) is 16.5. The molecule has 10 atom stereocenters. The zero-order valence-corrected chi connectivity index (χ0v) is 24.1. The van der Waals surface area contributed by atoms with Crippen molar-refractivity contribution in [2.24, 2.45) is 0 Å². The summed E-state index contributed by atoms with van der Waals surface area (Å²) in [6.07, 6.45) is -1.70. The van der Waals surface area contributed by atoms with Crippen LogP contribution in [0.4, 0.5) is 0 Å². The number of aliphatic hydroxyl groups excluding tert-OH is 8. The molecule has 242 valence electrons. The summed E-state index contributed by atoms with van der Waals surface area (Å²) in [4.78, 5) is 12.6. The van der Waals surface area contributed by atoms with Crippen LogP contribution in [0.5, 0.6) is 0 Å². The highest BCUT2D eigenvalue weighted by atomic mass is 16.8. The lowest BCUT2D eigenvalue weighted by Crippen LogP contribution is -2.70. The van der Waals surface area contributed by atoms with Crippen molar-refractivity contribution in [3.63, 3.8) is 0 Å². The van der Waals surface area contributed by atoms with Gasteiger partial charge < -0.3 is 59.8 Å².